The van der Waals surface area contributed by atoms with Crippen molar-refractivity contribution in [2.45, 2.75) is 46.1 Å². The molecule has 0 spiro atoms. The number of Topliss-reactive ketones (excluding diaryl/α,β-unsaturated/α-hetero) is 1. The summed E-state index contributed by atoms with van der Waals surface area (Å²) in [5.74, 6) is 1.06. The molecule has 1 aliphatic heterocycles. The van der Waals surface area contributed by atoms with Crippen LogP contribution in [-0.4, -0.2) is 16.9 Å². The summed E-state index contributed by atoms with van der Waals surface area (Å²) in [6, 6.07) is 22.6. The third-order valence-corrected chi connectivity index (χ3v) is 11.5. The lowest BCUT2D eigenvalue weighted by Crippen LogP contribution is -2.49. The molecule has 10 heteroatoms. The summed E-state index contributed by atoms with van der Waals surface area (Å²) in [6.45, 7) is 5.66. The number of benzene rings is 2. The molecule has 0 saturated heterocycles. The molecule has 0 amide bonds. The number of oxazole rings is 1. The van der Waals surface area contributed by atoms with Gasteiger partial charge < -0.3 is 14.7 Å². The summed E-state index contributed by atoms with van der Waals surface area (Å²) >= 11 is 2.68. The number of nitrogens with zero attached hydrogens (tertiary/aromatic N) is 2. The first-order chi connectivity index (χ1) is 24.4. The lowest BCUT2D eigenvalue weighted by molar-refractivity contribution is -0.295. The standard InChI is InChI=1S/C40H32N2O6S2/c1-3-5-19-41-25-11-7-9-13-27(25)47-33(41)21-23-37(43)35(38(23)44)31-17-15-29(49-31)30-16-18-32(50-30)36-39(45)24(40(36)46)22-34-42(20-6-4-2)26-12-8-10-14-28(26)48-34/h7-18,21-22H,3-6,19-20H2,1-2H3. The van der Waals surface area contributed by atoms with E-state index < -0.39 is 0 Å². The van der Waals surface area contributed by atoms with Gasteiger partial charge in [0.25, 0.3) is 0 Å². The van der Waals surface area contributed by atoms with Gasteiger partial charge in [0.1, 0.15) is 0 Å². The number of unbranched alkanes of at least 4 members (excludes halogenated alkanes) is 2. The number of ether oxygens (including phenoxy) is 1. The predicted octanol–water partition coefficient (Wildman–Crippen LogP) is 5.33. The Kier molecular flexibility index (Phi) is 8.20. The molecule has 0 fully saturated rings. The van der Waals surface area contributed by atoms with Gasteiger partial charge in [0.05, 0.1) is 22.2 Å². The SMILES string of the molecule is CCCCN1C(=CC2=C([O-])C(=c3ccc(=c4ccc(=c5c(=O)c(=Cc6[o+]c7ccccc7n6CCCC)c5=O)s4)s3)C2=O)Oc2ccccc21. The number of para-hydroxylation sites is 4. The minimum atomic E-state index is -0.307. The predicted molar refractivity (Wildman–Crippen MR) is 195 cm³/mol. The van der Waals surface area contributed by atoms with Crippen molar-refractivity contribution in [1.29, 1.82) is 0 Å². The van der Waals surface area contributed by atoms with Gasteiger partial charge in [-0.25, -0.2) is 0 Å². The van der Waals surface area contributed by atoms with Crippen LogP contribution >= 0.6 is 22.7 Å². The van der Waals surface area contributed by atoms with Crippen LogP contribution in [0, 0.1) is 18.8 Å². The first-order valence-electron chi connectivity index (χ1n) is 16.8. The molecule has 0 radical (unpaired) electrons. The van der Waals surface area contributed by atoms with Gasteiger partial charge in [-0.3, -0.25) is 19.0 Å². The number of hydrogen-bond acceptors (Lipinski definition) is 8. The molecular weight excluding hydrogens is 669 g/mol. The second-order valence-corrected chi connectivity index (χ2v) is 14.5. The molecule has 3 aromatic carbocycles. The van der Waals surface area contributed by atoms with E-state index in [1.54, 1.807) is 24.3 Å². The molecule has 4 heterocycles. The fraction of sp³-hybridized carbons (Fsp3) is 0.200. The normalized spacial score (nSPS) is 16.8. The molecule has 2 aliphatic rings. The summed E-state index contributed by atoms with van der Waals surface area (Å²) in [5, 5.41) is 13.6. The van der Waals surface area contributed by atoms with Gasteiger partial charge in [0.15, 0.2) is 17.0 Å². The van der Waals surface area contributed by atoms with Gasteiger partial charge in [0.2, 0.25) is 16.7 Å². The Bertz CT molecular complexity index is 2780. The van der Waals surface area contributed by atoms with Crippen LogP contribution in [0.1, 0.15) is 45.4 Å². The number of carbonyl (C=O) groups excluding carboxylic acids is 1. The number of fused-ring (bicyclic) bond motifs is 2. The van der Waals surface area contributed by atoms with E-state index in [0.29, 0.717) is 32.2 Å². The number of thiophene rings is 2. The van der Waals surface area contributed by atoms with Crippen LogP contribution in [0.15, 0.2) is 110 Å². The summed E-state index contributed by atoms with van der Waals surface area (Å²) in [6.07, 6.45) is 7.00. The molecular formula is C40H32N2O6S2. The lowest BCUT2D eigenvalue weighted by atomic mass is 9.88. The molecule has 0 bridgehead atoms. The number of rotatable bonds is 8. The molecule has 3 aromatic heterocycles. The van der Waals surface area contributed by atoms with Crippen molar-refractivity contribution < 1.29 is 19.1 Å². The van der Waals surface area contributed by atoms with Crippen LogP contribution in [-0.2, 0) is 11.3 Å². The molecule has 0 unspecified atom stereocenters. The first-order valence-corrected chi connectivity index (χ1v) is 18.4. The second kappa shape index (κ2) is 12.9. The third kappa shape index (κ3) is 5.26. The number of anilines is 1. The summed E-state index contributed by atoms with van der Waals surface area (Å²) < 4.78 is 16.9. The van der Waals surface area contributed by atoms with Gasteiger partial charge >= 0.3 is 11.5 Å². The number of ketones is 1. The van der Waals surface area contributed by atoms with Gasteiger partial charge in [-0.1, -0.05) is 56.7 Å². The quantitative estimate of drug-likeness (QED) is 0.198. The zero-order chi connectivity index (χ0) is 34.5. The van der Waals surface area contributed by atoms with Crippen LogP contribution < -0.4 is 35.4 Å². The van der Waals surface area contributed by atoms with Crippen LogP contribution in [0.3, 0.4) is 0 Å². The molecule has 0 N–H and O–H groups in total. The summed E-state index contributed by atoms with van der Waals surface area (Å²) in [7, 11) is 0. The summed E-state index contributed by atoms with van der Waals surface area (Å²) in [5.41, 5.74) is 2.21. The van der Waals surface area contributed by atoms with Gasteiger partial charge in [-0.15, -0.1) is 22.7 Å². The average molecular weight is 701 g/mol. The zero-order valence-electron chi connectivity index (χ0n) is 27.5. The van der Waals surface area contributed by atoms with Crippen LogP contribution in [0.4, 0.5) is 5.69 Å². The van der Waals surface area contributed by atoms with E-state index in [4.69, 9.17) is 9.15 Å². The van der Waals surface area contributed by atoms with Crippen LogP contribution in [0.25, 0.3) is 22.7 Å². The van der Waals surface area contributed by atoms with Crippen molar-refractivity contribution in [3.8, 4) is 5.75 Å². The molecule has 6 aromatic rings. The van der Waals surface area contributed by atoms with Gasteiger partial charge in [-0.2, -0.15) is 4.42 Å². The maximum absolute atomic E-state index is 13.3. The number of hydrogen-bond donors (Lipinski definition) is 0. The Morgan fingerprint density at radius 3 is 2.20 bits per heavy atom. The van der Waals surface area contributed by atoms with E-state index in [2.05, 4.69) is 13.8 Å². The molecule has 1 aliphatic carbocycles. The minimum Gasteiger partial charge on any atom is -0.871 e. The van der Waals surface area contributed by atoms with Crippen molar-refractivity contribution in [1.82, 2.24) is 4.57 Å². The van der Waals surface area contributed by atoms with Gasteiger partial charge in [-0.05, 0) is 55.3 Å². The second-order valence-electron chi connectivity index (χ2n) is 12.3. The maximum Gasteiger partial charge on any atom is 0.435 e. The Labute approximate surface area is 293 Å². The van der Waals surface area contributed by atoms with E-state index in [-0.39, 0.29) is 44.0 Å². The van der Waals surface area contributed by atoms with Crippen molar-refractivity contribution in [3.05, 3.63) is 151 Å². The van der Waals surface area contributed by atoms with Crippen LogP contribution in [0.5, 0.6) is 5.75 Å². The Morgan fingerprint density at radius 1 is 0.780 bits per heavy atom. The largest absolute Gasteiger partial charge is 0.871 e. The Balaban J connectivity index is 1.15. The number of aromatic nitrogens is 1. The van der Waals surface area contributed by atoms with E-state index in [9.17, 15) is 19.5 Å². The van der Waals surface area contributed by atoms with E-state index in [1.807, 2.05) is 70.1 Å². The molecule has 8 nitrogen and oxygen atoms in total. The molecule has 250 valence electrons. The molecule has 50 heavy (non-hydrogen) atoms. The zero-order valence-corrected chi connectivity index (χ0v) is 29.1. The highest BCUT2D eigenvalue weighted by atomic mass is 32.1. The van der Waals surface area contributed by atoms with E-state index in [0.717, 1.165) is 59.0 Å². The molecule has 8 rings (SSSR count). The van der Waals surface area contributed by atoms with E-state index in [1.165, 1.54) is 22.7 Å². The average Bonchev–Trinajstić information content (AvgIpc) is 3.93. The van der Waals surface area contributed by atoms with Crippen LogP contribution in [0.2, 0.25) is 0 Å². The highest BCUT2D eigenvalue weighted by molar-refractivity contribution is 7.11. The molecule has 0 atom stereocenters. The van der Waals surface area contributed by atoms with Crippen molar-refractivity contribution in [2.24, 2.45) is 0 Å². The first kappa shape index (κ1) is 31.9. The smallest absolute Gasteiger partial charge is 0.435 e. The van der Waals surface area contributed by atoms with Crippen molar-refractivity contribution in [3.63, 3.8) is 0 Å². The maximum atomic E-state index is 13.3. The number of aryl methyl sites for hydroxylation is 1. The van der Waals surface area contributed by atoms with Crippen molar-refractivity contribution >= 4 is 56.9 Å². The van der Waals surface area contributed by atoms with E-state index >= 15 is 0 Å². The van der Waals surface area contributed by atoms with Gasteiger partial charge in [0, 0.05) is 54.5 Å². The number of allylic oxidation sites excluding steroid dienone is 3. The fourth-order valence-electron chi connectivity index (χ4n) is 6.41. The Morgan fingerprint density at radius 2 is 1.44 bits per heavy atom. The Hall–Kier alpha value is -5.32. The van der Waals surface area contributed by atoms with Crippen molar-refractivity contribution in [2.75, 3.05) is 11.4 Å². The monoisotopic (exact) mass is 700 g/mol. The minimum absolute atomic E-state index is 0.110. The topological polar surface area (TPSA) is 103 Å². The number of carbonyl (C=O) groups is 1. The lowest BCUT2D eigenvalue weighted by Gasteiger charge is -2.29. The third-order valence-electron chi connectivity index (χ3n) is 9.11. The highest BCUT2D eigenvalue weighted by Gasteiger charge is 2.31. The molecule has 0 saturated carbocycles. The highest BCUT2D eigenvalue weighted by Crippen LogP contribution is 2.40. The fourth-order valence-corrected chi connectivity index (χ4v) is 8.59. The summed E-state index contributed by atoms with van der Waals surface area (Å²) in [4.78, 5) is 41.9.